The highest BCUT2D eigenvalue weighted by atomic mass is 16.3. The third kappa shape index (κ3) is 2.84. The molecule has 0 radical (unpaired) electrons. The van der Waals surface area contributed by atoms with Crippen molar-refractivity contribution in [2.75, 3.05) is 21.1 Å². The van der Waals surface area contributed by atoms with Crippen LogP contribution in [0.15, 0.2) is 29.5 Å². The molecule has 3 aliphatic carbocycles. The molecule has 0 saturated heterocycles. The number of nitrogens with zero attached hydrogens (tertiary/aromatic N) is 1. The van der Waals surface area contributed by atoms with Gasteiger partial charge >= 0.3 is 0 Å². The van der Waals surface area contributed by atoms with Gasteiger partial charge in [-0.1, -0.05) is 19.1 Å². The van der Waals surface area contributed by atoms with Crippen LogP contribution in [-0.4, -0.2) is 87.7 Å². The molecule has 33 heavy (non-hydrogen) atoms. The van der Waals surface area contributed by atoms with Crippen molar-refractivity contribution in [2.45, 2.75) is 36.6 Å². The number of ketones is 2. The smallest absolute Gasteiger partial charge is 0.255 e. The summed E-state index contributed by atoms with van der Waals surface area (Å²) in [5.74, 6) is -7.25. The van der Waals surface area contributed by atoms with Crippen molar-refractivity contribution in [3.05, 3.63) is 40.7 Å². The van der Waals surface area contributed by atoms with E-state index in [4.69, 9.17) is 5.73 Å². The standard InChI is InChI=1S/C23H29N3O7/c1-8-9-6-5-7-10(27)12(9)17(28)13-11(8)18(29)15-16(26(3)4)19(30)14(22(24)32)21(31)23(15,33)20(13)25-2/h5-8,11,13,15-16,18,20,25,27,29-30,33H,1-4H3,(H2,24,32)/t8-,11+,13?,15+,16-,18-,20?,23-/m0/s1. The lowest BCUT2D eigenvalue weighted by Crippen LogP contribution is -2.77. The second-order valence-corrected chi connectivity index (χ2v) is 9.47. The summed E-state index contributed by atoms with van der Waals surface area (Å²) in [5, 5.41) is 47.7. The molecule has 2 unspecified atom stereocenters. The van der Waals surface area contributed by atoms with E-state index < -0.39 is 76.3 Å². The molecule has 178 valence electrons. The number of carbonyl (C=O) groups is 3. The van der Waals surface area contributed by atoms with Crippen molar-refractivity contribution in [1.82, 2.24) is 10.2 Å². The van der Waals surface area contributed by atoms with Crippen molar-refractivity contribution < 1.29 is 34.8 Å². The fourth-order valence-electron chi connectivity index (χ4n) is 6.49. The van der Waals surface area contributed by atoms with Crippen LogP contribution in [-0.2, 0) is 9.59 Å². The molecule has 0 bridgehead atoms. The molecule has 1 aromatic rings. The minimum absolute atomic E-state index is 0.0849. The Hall–Kier alpha value is -2.79. The summed E-state index contributed by atoms with van der Waals surface area (Å²) < 4.78 is 0. The summed E-state index contributed by atoms with van der Waals surface area (Å²) in [6.07, 6.45) is -1.41. The van der Waals surface area contributed by atoms with Gasteiger partial charge in [0.25, 0.3) is 5.91 Å². The van der Waals surface area contributed by atoms with Crippen LogP contribution < -0.4 is 11.1 Å². The Morgan fingerprint density at radius 1 is 1.21 bits per heavy atom. The fourth-order valence-corrected chi connectivity index (χ4v) is 6.49. The number of primary amides is 1. The molecule has 0 heterocycles. The Kier molecular flexibility index (Phi) is 5.40. The molecular weight excluding hydrogens is 430 g/mol. The number of rotatable bonds is 3. The first kappa shape index (κ1) is 23.4. The van der Waals surface area contributed by atoms with Crippen molar-refractivity contribution in [2.24, 2.45) is 23.5 Å². The molecule has 10 nitrogen and oxygen atoms in total. The van der Waals surface area contributed by atoms with Gasteiger partial charge < -0.3 is 31.5 Å². The molecule has 0 spiro atoms. The largest absolute Gasteiger partial charge is 0.510 e. The Morgan fingerprint density at radius 2 is 1.85 bits per heavy atom. The van der Waals surface area contributed by atoms with E-state index >= 15 is 0 Å². The lowest BCUT2D eigenvalue weighted by Gasteiger charge is -2.59. The first-order valence-electron chi connectivity index (χ1n) is 10.8. The van der Waals surface area contributed by atoms with E-state index in [1.807, 2.05) is 6.92 Å². The zero-order valence-corrected chi connectivity index (χ0v) is 18.8. The summed E-state index contributed by atoms with van der Waals surface area (Å²) in [6, 6.07) is 2.35. The average Bonchev–Trinajstić information content (AvgIpc) is 2.73. The Balaban J connectivity index is 2.01. The monoisotopic (exact) mass is 459 g/mol. The van der Waals surface area contributed by atoms with Gasteiger partial charge in [-0.2, -0.15) is 0 Å². The lowest BCUT2D eigenvalue weighted by atomic mass is 9.49. The number of amides is 1. The number of phenolic OH excluding ortho intramolecular Hbond substituents is 1. The van der Waals surface area contributed by atoms with Gasteiger partial charge in [0.05, 0.1) is 23.8 Å². The van der Waals surface area contributed by atoms with Crippen LogP contribution in [0.4, 0.5) is 0 Å². The van der Waals surface area contributed by atoms with E-state index in [2.05, 4.69) is 5.32 Å². The molecule has 1 amide bonds. The van der Waals surface area contributed by atoms with Gasteiger partial charge in [0.2, 0.25) is 5.78 Å². The maximum absolute atomic E-state index is 13.7. The normalized spacial score (nSPS) is 38.1. The lowest BCUT2D eigenvalue weighted by molar-refractivity contribution is -0.191. The molecule has 7 N–H and O–H groups in total. The van der Waals surface area contributed by atoms with Gasteiger partial charge in [-0.3, -0.25) is 19.3 Å². The van der Waals surface area contributed by atoms with Gasteiger partial charge in [0, 0.05) is 17.8 Å². The van der Waals surface area contributed by atoms with Gasteiger partial charge in [0.1, 0.15) is 17.1 Å². The van der Waals surface area contributed by atoms with E-state index in [1.165, 1.54) is 18.0 Å². The number of hydrogen-bond donors (Lipinski definition) is 6. The SMILES string of the molecule is CNC1C2C(=O)c3c(O)cccc3[C@H](C)[C@H]2[C@H](O)[C@H]2[C@H](N(C)C)C(O)=C(C(N)=O)C(=O)[C@@]12O. The van der Waals surface area contributed by atoms with Crippen LogP contribution >= 0.6 is 0 Å². The first-order chi connectivity index (χ1) is 15.4. The van der Waals surface area contributed by atoms with Crippen LogP contribution in [0.1, 0.15) is 28.8 Å². The number of hydrogen-bond acceptors (Lipinski definition) is 9. The Bertz CT molecular complexity index is 1080. The second-order valence-electron chi connectivity index (χ2n) is 9.47. The average molecular weight is 459 g/mol. The number of aromatic hydroxyl groups is 1. The summed E-state index contributed by atoms with van der Waals surface area (Å²) in [4.78, 5) is 40.8. The molecule has 1 fully saturated rings. The summed E-state index contributed by atoms with van der Waals surface area (Å²) in [5.41, 5.74) is 2.84. The number of likely N-dealkylation sites (N-methyl/N-ethyl adjacent to an activating group) is 2. The van der Waals surface area contributed by atoms with Crippen molar-refractivity contribution >= 4 is 17.5 Å². The molecule has 10 heteroatoms. The van der Waals surface area contributed by atoms with Gasteiger partial charge in [-0.15, -0.1) is 0 Å². The van der Waals surface area contributed by atoms with Crippen LogP contribution in [0, 0.1) is 17.8 Å². The molecule has 0 aliphatic heterocycles. The third-order valence-electron chi connectivity index (χ3n) is 7.79. The van der Waals surface area contributed by atoms with E-state index in [0.717, 1.165) is 0 Å². The van der Waals surface area contributed by atoms with E-state index in [0.29, 0.717) is 5.56 Å². The number of fused-ring (bicyclic) bond motifs is 3. The highest BCUT2D eigenvalue weighted by Crippen LogP contribution is 2.56. The minimum Gasteiger partial charge on any atom is -0.510 e. The molecule has 1 aromatic carbocycles. The molecule has 1 saturated carbocycles. The van der Waals surface area contributed by atoms with E-state index in [1.54, 1.807) is 26.2 Å². The van der Waals surface area contributed by atoms with Crippen molar-refractivity contribution in [1.29, 1.82) is 0 Å². The Labute approximate surface area is 190 Å². The van der Waals surface area contributed by atoms with Crippen LogP contribution in [0.5, 0.6) is 5.75 Å². The van der Waals surface area contributed by atoms with E-state index in [9.17, 15) is 34.8 Å². The molecule has 4 rings (SSSR count). The topological polar surface area (TPSA) is 173 Å². The first-order valence-corrected chi connectivity index (χ1v) is 10.8. The number of nitrogens with two attached hydrogens (primary N) is 1. The summed E-state index contributed by atoms with van der Waals surface area (Å²) in [7, 11) is 4.62. The predicted molar refractivity (Wildman–Crippen MR) is 116 cm³/mol. The molecule has 3 aliphatic rings. The van der Waals surface area contributed by atoms with Gasteiger partial charge in [-0.25, -0.2) is 0 Å². The maximum Gasteiger partial charge on any atom is 0.255 e. The summed E-state index contributed by atoms with van der Waals surface area (Å²) >= 11 is 0. The number of benzene rings is 1. The van der Waals surface area contributed by atoms with Crippen LogP contribution in [0.2, 0.25) is 0 Å². The highest BCUT2D eigenvalue weighted by Gasteiger charge is 2.70. The quantitative estimate of drug-likeness (QED) is 0.311. The number of aliphatic hydroxyl groups is 3. The van der Waals surface area contributed by atoms with E-state index in [-0.39, 0.29) is 11.3 Å². The summed E-state index contributed by atoms with van der Waals surface area (Å²) in [6.45, 7) is 1.81. The highest BCUT2D eigenvalue weighted by molar-refractivity contribution is 6.23. The zero-order valence-electron chi connectivity index (χ0n) is 18.8. The maximum atomic E-state index is 13.7. The molecule has 8 atom stereocenters. The number of phenols is 1. The fraction of sp³-hybridized carbons (Fsp3) is 0.522. The number of aliphatic hydroxyl groups excluding tert-OH is 2. The number of carbonyl (C=O) groups excluding carboxylic acids is 3. The number of nitrogens with one attached hydrogen (secondary N) is 1. The molecule has 0 aromatic heterocycles. The Morgan fingerprint density at radius 3 is 2.39 bits per heavy atom. The van der Waals surface area contributed by atoms with Crippen LogP contribution in [0.25, 0.3) is 0 Å². The second kappa shape index (κ2) is 7.63. The van der Waals surface area contributed by atoms with Gasteiger partial charge in [-0.05, 0) is 38.7 Å². The third-order valence-corrected chi connectivity index (χ3v) is 7.79. The minimum atomic E-state index is -2.43. The zero-order chi connectivity index (χ0) is 24.6. The van der Waals surface area contributed by atoms with Gasteiger partial charge in [0.15, 0.2) is 11.4 Å². The van der Waals surface area contributed by atoms with Crippen molar-refractivity contribution in [3.8, 4) is 5.75 Å². The van der Waals surface area contributed by atoms with Crippen LogP contribution in [0.3, 0.4) is 0 Å². The van der Waals surface area contributed by atoms with Crippen molar-refractivity contribution in [3.63, 3.8) is 0 Å². The predicted octanol–water partition coefficient (Wildman–Crippen LogP) is -0.955. The number of Topliss-reactive ketones (excluding diaryl/α,β-unsaturated/α-hetero) is 2. The molecular formula is C23H29N3O7.